The second kappa shape index (κ2) is 9.32. The van der Waals surface area contributed by atoms with Crippen molar-refractivity contribution in [2.75, 3.05) is 25.4 Å². The quantitative estimate of drug-likeness (QED) is 0.232. The van der Waals surface area contributed by atoms with Crippen LogP contribution in [0.1, 0.15) is 30.7 Å². The van der Waals surface area contributed by atoms with Gasteiger partial charge in [-0.25, -0.2) is 4.98 Å². The maximum absolute atomic E-state index is 11.9. The summed E-state index contributed by atoms with van der Waals surface area (Å²) in [4.78, 5) is 18.9. The Hall–Kier alpha value is -2.16. The fraction of sp³-hybridized carbons (Fsp3) is 0.409. The summed E-state index contributed by atoms with van der Waals surface area (Å²) in [7, 11) is 0. The van der Waals surface area contributed by atoms with E-state index in [1.54, 1.807) is 6.92 Å². The Bertz CT molecular complexity index is 1110. The molecule has 0 spiro atoms. The molecule has 3 aromatic rings. The Morgan fingerprint density at radius 1 is 1.30 bits per heavy atom. The van der Waals surface area contributed by atoms with E-state index < -0.39 is 0 Å². The van der Waals surface area contributed by atoms with Crippen molar-refractivity contribution in [1.29, 1.82) is 0 Å². The molecule has 30 heavy (non-hydrogen) atoms. The van der Waals surface area contributed by atoms with Crippen molar-refractivity contribution in [3.63, 3.8) is 0 Å². The van der Waals surface area contributed by atoms with Crippen molar-refractivity contribution < 1.29 is 13.9 Å². The van der Waals surface area contributed by atoms with Crippen LogP contribution >= 0.6 is 24.0 Å². The van der Waals surface area contributed by atoms with Gasteiger partial charge in [0.25, 0.3) is 0 Å². The number of nitrogens with zero attached hydrogens (tertiary/aromatic N) is 3. The first kappa shape index (κ1) is 21.1. The predicted molar refractivity (Wildman–Crippen MR) is 120 cm³/mol. The van der Waals surface area contributed by atoms with Crippen molar-refractivity contribution in [3.8, 4) is 0 Å². The van der Waals surface area contributed by atoms with Crippen LogP contribution in [0, 0.1) is 4.77 Å². The summed E-state index contributed by atoms with van der Waals surface area (Å²) < 4.78 is 14.0. The smallest absolute Gasteiger partial charge is 0.316 e. The SMILES string of the molecule is CCOC(=O)CSc1nc(=S)n(Cc2ccccc2)c2c3c(oc12)CN(CC)CC3. The van der Waals surface area contributed by atoms with E-state index >= 15 is 0 Å². The van der Waals surface area contributed by atoms with Crippen LogP contribution in [0.4, 0.5) is 0 Å². The Labute approximate surface area is 185 Å². The van der Waals surface area contributed by atoms with Gasteiger partial charge in [-0.3, -0.25) is 9.69 Å². The number of likely N-dealkylation sites (N-methyl/N-ethyl adjacent to an activating group) is 1. The van der Waals surface area contributed by atoms with Crippen LogP contribution in [-0.4, -0.2) is 45.9 Å². The molecular weight excluding hydrogens is 418 g/mol. The Balaban J connectivity index is 1.80. The number of fused-ring (bicyclic) bond motifs is 3. The maximum atomic E-state index is 11.9. The second-order valence-electron chi connectivity index (χ2n) is 7.17. The lowest BCUT2D eigenvalue weighted by atomic mass is 10.1. The number of furan rings is 1. The number of thioether (sulfide) groups is 1. The average molecular weight is 444 g/mol. The molecule has 0 aliphatic carbocycles. The first-order valence-electron chi connectivity index (χ1n) is 10.2. The number of carbonyl (C=O) groups excluding carboxylic acids is 1. The molecule has 0 bridgehead atoms. The molecule has 6 nitrogen and oxygen atoms in total. The number of benzene rings is 1. The molecule has 0 unspecified atom stereocenters. The first-order valence-corrected chi connectivity index (χ1v) is 11.6. The minimum absolute atomic E-state index is 0.180. The maximum Gasteiger partial charge on any atom is 0.316 e. The van der Waals surface area contributed by atoms with Crippen molar-refractivity contribution in [2.45, 2.75) is 38.4 Å². The van der Waals surface area contributed by atoms with E-state index in [0.29, 0.717) is 22.9 Å². The highest BCUT2D eigenvalue weighted by Gasteiger charge is 2.26. The summed E-state index contributed by atoms with van der Waals surface area (Å²) >= 11 is 7.01. The molecule has 0 fully saturated rings. The van der Waals surface area contributed by atoms with Gasteiger partial charge in [0.1, 0.15) is 10.8 Å². The van der Waals surface area contributed by atoms with Gasteiger partial charge in [0.05, 0.1) is 31.0 Å². The monoisotopic (exact) mass is 443 g/mol. The molecule has 0 atom stereocenters. The zero-order valence-corrected chi connectivity index (χ0v) is 18.9. The highest BCUT2D eigenvalue weighted by molar-refractivity contribution is 8.00. The third-order valence-corrected chi connectivity index (χ3v) is 6.50. The van der Waals surface area contributed by atoms with E-state index in [4.69, 9.17) is 21.4 Å². The van der Waals surface area contributed by atoms with Crippen molar-refractivity contribution in [1.82, 2.24) is 14.5 Å². The average Bonchev–Trinajstić information content (AvgIpc) is 3.14. The van der Waals surface area contributed by atoms with E-state index in [2.05, 4.69) is 33.5 Å². The van der Waals surface area contributed by atoms with Gasteiger partial charge >= 0.3 is 5.97 Å². The normalized spacial score (nSPS) is 14.1. The molecule has 0 N–H and O–H groups in total. The Morgan fingerprint density at radius 3 is 2.83 bits per heavy atom. The largest absolute Gasteiger partial charge is 0.465 e. The summed E-state index contributed by atoms with van der Waals surface area (Å²) in [5, 5.41) is 0.657. The van der Waals surface area contributed by atoms with E-state index in [1.807, 2.05) is 18.2 Å². The van der Waals surface area contributed by atoms with Gasteiger partial charge in [0.15, 0.2) is 5.58 Å². The number of hydrogen-bond donors (Lipinski definition) is 0. The number of aromatic nitrogens is 2. The van der Waals surface area contributed by atoms with Crippen molar-refractivity contribution in [2.24, 2.45) is 0 Å². The molecule has 0 saturated carbocycles. The van der Waals surface area contributed by atoms with Gasteiger partial charge in [-0.05, 0) is 37.7 Å². The molecule has 1 aliphatic heterocycles. The standard InChI is InChI=1S/C22H25N3O3S2/c1-3-24-11-10-16-17(13-24)28-20-19(16)25(12-15-8-6-5-7-9-15)22(29)23-21(20)30-14-18(26)27-4-2/h5-9H,3-4,10-14H2,1-2H3. The van der Waals surface area contributed by atoms with Crippen LogP contribution < -0.4 is 0 Å². The van der Waals surface area contributed by atoms with Gasteiger partial charge in [0.2, 0.25) is 4.77 Å². The summed E-state index contributed by atoms with van der Waals surface area (Å²) in [6.45, 7) is 7.71. The third-order valence-electron chi connectivity index (χ3n) is 5.26. The predicted octanol–water partition coefficient (Wildman–Crippen LogP) is 4.44. The zero-order valence-electron chi connectivity index (χ0n) is 17.2. The lowest BCUT2D eigenvalue weighted by Crippen LogP contribution is -2.29. The third kappa shape index (κ3) is 4.31. The van der Waals surface area contributed by atoms with E-state index in [-0.39, 0.29) is 11.7 Å². The van der Waals surface area contributed by atoms with Crippen LogP contribution in [0.15, 0.2) is 39.8 Å². The summed E-state index contributed by atoms with van der Waals surface area (Å²) in [5.74, 6) is 0.887. The molecule has 1 aromatic carbocycles. The topological polar surface area (TPSA) is 60.5 Å². The molecule has 2 aromatic heterocycles. The Morgan fingerprint density at radius 2 is 2.10 bits per heavy atom. The molecule has 0 saturated heterocycles. The summed E-state index contributed by atoms with van der Waals surface area (Å²) in [6, 6.07) is 10.2. The number of esters is 1. The molecule has 1 aliphatic rings. The number of ether oxygens (including phenoxy) is 1. The molecule has 158 valence electrons. The molecule has 3 heterocycles. The molecular formula is C22H25N3O3S2. The molecule has 4 rings (SSSR count). The highest BCUT2D eigenvalue weighted by atomic mass is 32.2. The van der Waals surface area contributed by atoms with Crippen LogP contribution in [0.25, 0.3) is 11.1 Å². The second-order valence-corrected chi connectivity index (χ2v) is 8.49. The zero-order chi connectivity index (χ0) is 21.1. The van der Waals surface area contributed by atoms with Gasteiger partial charge in [-0.15, -0.1) is 0 Å². The minimum Gasteiger partial charge on any atom is -0.465 e. The van der Waals surface area contributed by atoms with E-state index in [1.165, 1.54) is 17.3 Å². The lowest BCUT2D eigenvalue weighted by molar-refractivity contribution is -0.139. The van der Waals surface area contributed by atoms with Crippen molar-refractivity contribution in [3.05, 3.63) is 52.0 Å². The van der Waals surface area contributed by atoms with E-state index in [9.17, 15) is 4.79 Å². The highest BCUT2D eigenvalue weighted by Crippen LogP contribution is 2.36. The van der Waals surface area contributed by atoms with Gasteiger partial charge in [0, 0.05) is 12.1 Å². The summed E-state index contributed by atoms with van der Waals surface area (Å²) in [5.41, 5.74) is 4.09. The fourth-order valence-corrected chi connectivity index (χ4v) is 4.84. The number of hydrogen-bond acceptors (Lipinski definition) is 7. The minimum atomic E-state index is -0.266. The van der Waals surface area contributed by atoms with Crippen LogP contribution in [0.2, 0.25) is 0 Å². The van der Waals surface area contributed by atoms with Crippen molar-refractivity contribution >= 4 is 41.0 Å². The molecule has 0 radical (unpaired) electrons. The van der Waals surface area contributed by atoms with Gasteiger partial charge in [-0.1, -0.05) is 49.0 Å². The van der Waals surface area contributed by atoms with Gasteiger partial charge < -0.3 is 13.7 Å². The molecule has 0 amide bonds. The van der Waals surface area contributed by atoms with Crippen LogP contribution in [0.5, 0.6) is 0 Å². The van der Waals surface area contributed by atoms with E-state index in [0.717, 1.165) is 48.5 Å². The van der Waals surface area contributed by atoms with Crippen LogP contribution in [0.3, 0.4) is 0 Å². The van der Waals surface area contributed by atoms with Crippen LogP contribution in [-0.2, 0) is 29.0 Å². The first-order chi connectivity index (χ1) is 14.6. The summed E-state index contributed by atoms with van der Waals surface area (Å²) in [6.07, 6.45) is 0.908. The number of carbonyl (C=O) groups is 1. The lowest BCUT2D eigenvalue weighted by Gasteiger charge is -2.24. The van der Waals surface area contributed by atoms with Gasteiger partial charge in [-0.2, -0.15) is 0 Å². The Kier molecular flexibility index (Phi) is 6.55. The fourth-order valence-electron chi connectivity index (χ4n) is 3.77. The number of rotatable bonds is 7. The molecule has 8 heteroatoms.